The lowest BCUT2D eigenvalue weighted by molar-refractivity contribution is -0.146. The number of carbonyl (C=O) groups excluding carboxylic acids is 4. The third-order valence-electron chi connectivity index (χ3n) is 6.97. The molecule has 4 amide bonds. The first-order valence-electron chi connectivity index (χ1n) is 14.6. The molecule has 9 nitrogen and oxygen atoms in total. The lowest BCUT2D eigenvalue weighted by atomic mass is 9.95. The molecule has 3 unspecified atom stereocenters. The molecule has 0 bridgehead atoms. The summed E-state index contributed by atoms with van der Waals surface area (Å²) in [5.41, 5.74) is 8.25. The van der Waals surface area contributed by atoms with Gasteiger partial charge in [-0.05, 0) is 82.6 Å². The standard InChI is InChI=1S/C33H48N4O5/c1-21(2)14-16-24(5)37(31(40)27(19-28(34)38)36-32(41)42-33(6,7)8)29(26-17-15-22(3)23(4)18-26)30(39)35-20-25-12-10-9-11-13-25/h9-13,15,17-18,21,24,27,29H,14,16,19-20H2,1-8H3,(H2,34,38)(H,35,39)(H,36,41). The molecule has 0 aliphatic heterocycles. The van der Waals surface area contributed by atoms with Crippen molar-refractivity contribution in [2.24, 2.45) is 11.7 Å². The highest BCUT2D eigenvalue weighted by atomic mass is 16.6. The Morgan fingerprint density at radius 1 is 0.929 bits per heavy atom. The summed E-state index contributed by atoms with van der Waals surface area (Å²) in [6, 6.07) is 12.4. The second kappa shape index (κ2) is 15.4. The van der Waals surface area contributed by atoms with Crippen LogP contribution in [-0.4, -0.2) is 46.4 Å². The number of carbonyl (C=O) groups is 4. The Hall–Kier alpha value is -3.88. The SMILES string of the molecule is Cc1ccc(C(C(=O)NCc2ccccc2)N(C(=O)C(CC(N)=O)NC(=O)OC(C)(C)C)C(C)CCC(C)C)cc1C. The van der Waals surface area contributed by atoms with Crippen LogP contribution in [0.2, 0.25) is 0 Å². The zero-order chi connectivity index (χ0) is 31.6. The van der Waals surface area contributed by atoms with Crippen molar-refractivity contribution in [2.75, 3.05) is 0 Å². The van der Waals surface area contributed by atoms with Gasteiger partial charge < -0.3 is 26.0 Å². The van der Waals surface area contributed by atoms with Crippen LogP contribution in [0, 0.1) is 19.8 Å². The first kappa shape index (κ1) is 34.3. The third kappa shape index (κ3) is 10.8. The van der Waals surface area contributed by atoms with E-state index in [9.17, 15) is 19.2 Å². The molecule has 9 heteroatoms. The van der Waals surface area contributed by atoms with Gasteiger partial charge in [-0.2, -0.15) is 0 Å². The van der Waals surface area contributed by atoms with E-state index in [0.29, 0.717) is 17.9 Å². The Morgan fingerprint density at radius 2 is 1.57 bits per heavy atom. The van der Waals surface area contributed by atoms with Gasteiger partial charge >= 0.3 is 6.09 Å². The Bertz CT molecular complexity index is 1220. The first-order chi connectivity index (χ1) is 19.6. The van der Waals surface area contributed by atoms with Crippen LogP contribution in [0.25, 0.3) is 0 Å². The van der Waals surface area contributed by atoms with Crippen LogP contribution >= 0.6 is 0 Å². The summed E-state index contributed by atoms with van der Waals surface area (Å²) in [6.07, 6.45) is 0.104. The Morgan fingerprint density at radius 3 is 2.12 bits per heavy atom. The van der Waals surface area contributed by atoms with Gasteiger partial charge in [0.05, 0.1) is 6.42 Å². The predicted octanol–water partition coefficient (Wildman–Crippen LogP) is 5.08. The minimum absolute atomic E-state index is 0.268. The van der Waals surface area contributed by atoms with E-state index < -0.39 is 48.1 Å². The van der Waals surface area contributed by atoms with E-state index in [1.165, 1.54) is 4.90 Å². The Labute approximate surface area is 250 Å². The van der Waals surface area contributed by atoms with Crippen LogP contribution < -0.4 is 16.4 Å². The maximum Gasteiger partial charge on any atom is 0.408 e. The normalized spacial score (nSPS) is 13.5. The quantitative estimate of drug-likeness (QED) is 0.304. The number of nitrogens with one attached hydrogen (secondary N) is 2. The van der Waals surface area contributed by atoms with E-state index in [-0.39, 0.29) is 12.5 Å². The molecule has 2 aromatic carbocycles. The molecule has 0 saturated heterocycles. The second-order valence-electron chi connectivity index (χ2n) is 12.4. The van der Waals surface area contributed by atoms with Crippen LogP contribution in [0.5, 0.6) is 0 Å². The summed E-state index contributed by atoms with van der Waals surface area (Å²) in [6.45, 7) is 15.4. The average Bonchev–Trinajstić information content (AvgIpc) is 2.89. The molecule has 0 aliphatic rings. The number of rotatable bonds is 13. The summed E-state index contributed by atoms with van der Waals surface area (Å²) >= 11 is 0. The number of ether oxygens (including phenoxy) is 1. The van der Waals surface area contributed by atoms with Gasteiger partial charge in [0.2, 0.25) is 17.7 Å². The molecule has 0 aromatic heterocycles. The van der Waals surface area contributed by atoms with Crippen molar-refractivity contribution in [2.45, 2.75) is 105 Å². The maximum absolute atomic E-state index is 14.4. The molecule has 42 heavy (non-hydrogen) atoms. The molecule has 0 spiro atoms. The van der Waals surface area contributed by atoms with Crippen LogP contribution in [0.3, 0.4) is 0 Å². The fourth-order valence-corrected chi connectivity index (χ4v) is 4.60. The first-order valence-corrected chi connectivity index (χ1v) is 14.6. The van der Waals surface area contributed by atoms with E-state index in [1.807, 2.05) is 69.3 Å². The predicted molar refractivity (Wildman–Crippen MR) is 164 cm³/mol. The molecule has 0 aliphatic carbocycles. The second-order valence-corrected chi connectivity index (χ2v) is 12.4. The maximum atomic E-state index is 14.4. The highest BCUT2D eigenvalue weighted by Crippen LogP contribution is 2.29. The van der Waals surface area contributed by atoms with Gasteiger partial charge in [0.15, 0.2) is 0 Å². The largest absolute Gasteiger partial charge is 0.444 e. The van der Waals surface area contributed by atoms with Gasteiger partial charge in [-0.3, -0.25) is 14.4 Å². The van der Waals surface area contributed by atoms with Gasteiger partial charge in [0, 0.05) is 12.6 Å². The van der Waals surface area contributed by atoms with E-state index in [0.717, 1.165) is 23.1 Å². The summed E-state index contributed by atoms with van der Waals surface area (Å²) in [4.78, 5) is 54.8. The van der Waals surface area contributed by atoms with E-state index in [1.54, 1.807) is 20.8 Å². The fourth-order valence-electron chi connectivity index (χ4n) is 4.60. The van der Waals surface area contributed by atoms with Crippen molar-refractivity contribution < 1.29 is 23.9 Å². The Kier molecular flexibility index (Phi) is 12.6. The zero-order valence-corrected chi connectivity index (χ0v) is 26.3. The van der Waals surface area contributed by atoms with Crippen molar-refractivity contribution in [1.82, 2.24) is 15.5 Å². The number of nitrogens with two attached hydrogens (primary N) is 1. The minimum Gasteiger partial charge on any atom is -0.444 e. The number of nitrogens with zero attached hydrogens (tertiary/aromatic N) is 1. The van der Waals surface area contributed by atoms with Gasteiger partial charge in [0.25, 0.3) is 0 Å². The summed E-state index contributed by atoms with van der Waals surface area (Å²) in [5, 5.41) is 5.55. The summed E-state index contributed by atoms with van der Waals surface area (Å²) < 4.78 is 5.38. The molecule has 2 aromatic rings. The highest BCUT2D eigenvalue weighted by molar-refractivity contribution is 5.94. The molecule has 0 radical (unpaired) electrons. The van der Waals surface area contributed by atoms with Crippen LogP contribution in [0.15, 0.2) is 48.5 Å². The van der Waals surface area contributed by atoms with Crippen molar-refractivity contribution in [3.63, 3.8) is 0 Å². The van der Waals surface area contributed by atoms with Crippen LogP contribution in [0.4, 0.5) is 4.79 Å². The van der Waals surface area contributed by atoms with Crippen molar-refractivity contribution >= 4 is 23.8 Å². The lowest BCUT2D eigenvalue weighted by Crippen LogP contribution is -2.56. The minimum atomic E-state index is -1.32. The van der Waals surface area contributed by atoms with Gasteiger partial charge in [-0.1, -0.05) is 62.4 Å². The fraction of sp³-hybridized carbons (Fsp3) is 0.515. The molecule has 230 valence electrons. The van der Waals surface area contributed by atoms with E-state index in [4.69, 9.17) is 10.5 Å². The number of amides is 4. The number of hydrogen-bond donors (Lipinski definition) is 3. The molecule has 0 fully saturated rings. The molecule has 0 saturated carbocycles. The van der Waals surface area contributed by atoms with Gasteiger partial charge in [-0.15, -0.1) is 0 Å². The molecule has 4 N–H and O–H groups in total. The zero-order valence-electron chi connectivity index (χ0n) is 26.3. The number of primary amides is 1. The van der Waals surface area contributed by atoms with Crippen molar-refractivity contribution in [3.8, 4) is 0 Å². The molecular formula is C33H48N4O5. The lowest BCUT2D eigenvalue weighted by Gasteiger charge is -2.39. The Balaban J connectivity index is 2.61. The number of aryl methyl sites for hydroxylation is 2. The van der Waals surface area contributed by atoms with Crippen LogP contribution in [0.1, 0.15) is 89.1 Å². The number of benzene rings is 2. The molecule has 0 heterocycles. The molecule has 2 rings (SSSR count). The topological polar surface area (TPSA) is 131 Å². The highest BCUT2D eigenvalue weighted by Gasteiger charge is 2.39. The monoisotopic (exact) mass is 580 g/mol. The number of hydrogen-bond acceptors (Lipinski definition) is 5. The average molecular weight is 581 g/mol. The van der Waals surface area contributed by atoms with Crippen LogP contribution in [-0.2, 0) is 25.7 Å². The summed E-state index contributed by atoms with van der Waals surface area (Å²) in [5.74, 6) is -1.37. The number of alkyl carbamates (subject to hydrolysis) is 1. The van der Waals surface area contributed by atoms with E-state index >= 15 is 0 Å². The van der Waals surface area contributed by atoms with Gasteiger partial charge in [-0.25, -0.2) is 4.79 Å². The molecular weight excluding hydrogens is 532 g/mol. The molecule has 3 atom stereocenters. The third-order valence-corrected chi connectivity index (χ3v) is 6.97. The van der Waals surface area contributed by atoms with E-state index in [2.05, 4.69) is 24.5 Å². The van der Waals surface area contributed by atoms with Crippen molar-refractivity contribution in [1.29, 1.82) is 0 Å². The van der Waals surface area contributed by atoms with Crippen molar-refractivity contribution in [3.05, 3.63) is 70.8 Å². The van der Waals surface area contributed by atoms with Gasteiger partial charge in [0.1, 0.15) is 17.7 Å². The smallest absolute Gasteiger partial charge is 0.408 e. The summed E-state index contributed by atoms with van der Waals surface area (Å²) in [7, 11) is 0.